The minimum atomic E-state index is -0.282. The highest BCUT2D eigenvalue weighted by Crippen LogP contribution is 2.20. The van der Waals surface area contributed by atoms with Crippen LogP contribution in [-0.4, -0.2) is 29.1 Å². The lowest BCUT2D eigenvalue weighted by molar-refractivity contribution is 0.607. The molecule has 1 aromatic heterocycles. The second-order valence-electron chi connectivity index (χ2n) is 4.66. The van der Waals surface area contributed by atoms with E-state index >= 15 is 0 Å². The highest BCUT2D eigenvalue weighted by molar-refractivity contribution is 5.83. The molecule has 0 aliphatic heterocycles. The molecule has 0 spiro atoms. The molecule has 0 fully saturated rings. The number of anilines is 1. The zero-order chi connectivity index (χ0) is 14.4. The normalized spacial score (nSPS) is 17.8. The molecule has 0 saturated carbocycles. The first-order valence-corrected chi connectivity index (χ1v) is 6.73. The van der Waals surface area contributed by atoms with Crippen LogP contribution in [-0.2, 0) is 6.42 Å². The topological polar surface area (TPSA) is 94.0 Å². The third kappa shape index (κ3) is 3.40. The quantitative estimate of drug-likeness (QED) is 0.544. The molecule has 1 atom stereocenters. The number of aromatic amines is 1. The van der Waals surface area contributed by atoms with Crippen molar-refractivity contribution in [3.05, 3.63) is 33.9 Å². The van der Waals surface area contributed by atoms with E-state index < -0.39 is 0 Å². The predicted octanol–water partition coefficient (Wildman–Crippen LogP) is 1.74. The molecule has 0 amide bonds. The molecule has 0 aromatic carbocycles. The van der Waals surface area contributed by atoms with E-state index in [0.717, 1.165) is 25.5 Å². The van der Waals surface area contributed by atoms with Gasteiger partial charge in [0.1, 0.15) is 18.3 Å². The van der Waals surface area contributed by atoms with Crippen LogP contribution in [0.25, 0.3) is 0 Å². The van der Waals surface area contributed by atoms with Gasteiger partial charge in [-0.3, -0.25) is 9.79 Å². The molecular weight excluding hydrogens is 254 g/mol. The number of allylic oxidation sites excluding steroid dienone is 2. The first kappa shape index (κ1) is 14.2. The predicted molar refractivity (Wildman–Crippen MR) is 81.0 cm³/mol. The summed E-state index contributed by atoms with van der Waals surface area (Å²) in [7, 11) is 0. The molecule has 20 heavy (non-hydrogen) atoms. The van der Waals surface area contributed by atoms with Gasteiger partial charge in [0.25, 0.3) is 5.56 Å². The van der Waals surface area contributed by atoms with E-state index in [-0.39, 0.29) is 11.1 Å². The van der Waals surface area contributed by atoms with Crippen LogP contribution in [0.5, 0.6) is 0 Å². The molecule has 106 valence electrons. The Morgan fingerprint density at radius 2 is 2.50 bits per heavy atom. The molecule has 1 aliphatic carbocycles. The van der Waals surface area contributed by atoms with Crippen molar-refractivity contribution in [1.29, 1.82) is 5.41 Å². The van der Waals surface area contributed by atoms with Crippen molar-refractivity contribution in [2.75, 3.05) is 12.0 Å². The third-order valence-corrected chi connectivity index (χ3v) is 3.24. The lowest BCUT2D eigenvalue weighted by atomic mass is 10.1. The third-order valence-electron chi connectivity index (χ3n) is 3.24. The van der Waals surface area contributed by atoms with Crippen LogP contribution in [0.15, 0.2) is 21.9 Å². The SMILES string of the molecule is C/C=N\CNc1nc(CC2C=CCC2)[nH]c(=O)c1C=N. The van der Waals surface area contributed by atoms with Gasteiger partial charge >= 0.3 is 0 Å². The maximum atomic E-state index is 12.0. The van der Waals surface area contributed by atoms with Crippen LogP contribution in [0.1, 0.15) is 31.2 Å². The Bertz CT molecular complexity index is 588. The Morgan fingerprint density at radius 1 is 1.65 bits per heavy atom. The molecule has 1 unspecified atom stereocenters. The van der Waals surface area contributed by atoms with Crippen molar-refractivity contribution in [2.45, 2.75) is 26.2 Å². The summed E-state index contributed by atoms with van der Waals surface area (Å²) in [5.74, 6) is 1.51. The van der Waals surface area contributed by atoms with Crippen molar-refractivity contribution in [3.8, 4) is 0 Å². The fraction of sp³-hybridized carbons (Fsp3) is 0.429. The number of nitrogens with one attached hydrogen (secondary N) is 3. The Hall–Kier alpha value is -2.24. The summed E-state index contributed by atoms with van der Waals surface area (Å²) in [5.41, 5.74) is -0.0445. The number of hydrogen-bond acceptors (Lipinski definition) is 5. The molecule has 0 saturated heterocycles. The Morgan fingerprint density at radius 3 is 3.15 bits per heavy atom. The van der Waals surface area contributed by atoms with E-state index in [0.29, 0.717) is 24.2 Å². The van der Waals surface area contributed by atoms with Crippen molar-refractivity contribution < 1.29 is 0 Å². The second kappa shape index (κ2) is 6.79. The average Bonchev–Trinajstić information content (AvgIpc) is 2.92. The van der Waals surface area contributed by atoms with Crippen LogP contribution in [0.3, 0.4) is 0 Å². The maximum Gasteiger partial charge on any atom is 0.261 e. The maximum absolute atomic E-state index is 12.0. The smallest absolute Gasteiger partial charge is 0.261 e. The van der Waals surface area contributed by atoms with Crippen molar-refractivity contribution in [2.24, 2.45) is 10.9 Å². The molecular formula is C14H19N5O. The van der Waals surface area contributed by atoms with Crippen molar-refractivity contribution in [3.63, 3.8) is 0 Å². The van der Waals surface area contributed by atoms with E-state index in [4.69, 9.17) is 5.41 Å². The number of H-pyrrole nitrogens is 1. The fourth-order valence-electron chi connectivity index (χ4n) is 2.22. The molecule has 6 nitrogen and oxygen atoms in total. The van der Waals surface area contributed by atoms with E-state index in [2.05, 4.69) is 32.4 Å². The Labute approximate surface area is 117 Å². The molecule has 1 aliphatic rings. The van der Waals surface area contributed by atoms with Gasteiger partial charge < -0.3 is 15.7 Å². The lowest BCUT2D eigenvalue weighted by Crippen LogP contribution is -2.21. The molecule has 3 N–H and O–H groups in total. The number of aromatic nitrogens is 2. The van der Waals surface area contributed by atoms with Crippen LogP contribution in [0.2, 0.25) is 0 Å². The summed E-state index contributed by atoms with van der Waals surface area (Å²) in [6.07, 6.45) is 9.92. The number of hydrogen-bond donors (Lipinski definition) is 3. The van der Waals surface area contributed by atoms with Crippen LogP contribution >= 0.6 is 0 Å². The molecule has 0 bridgehead atoms. The first-order chi connectivity index (χ1) is 9.74. The average molecular weight is 273 g/mol. The lowest BCUT2D eigenvalue weighted by Gasteiger charge is -2.10. The highest BCUT2D eigenvalue weighted by Gasteiger charge is 2.14. The monoisotopic (exact) mass is 273 g/mol. The van der Waals surface area contributed by atoms with E-state index in [1.165, 1.54) is 0 Å². The zero-order valence-electron chi connectivity index (χ0n) is 11.5. The molecule has 1 aromatic rings. The van der Waals surface area contributed by atoms with Gasteiger partial charge in [-0.25, -0.2) is 4.98 Å². The molecule has 0 radical (unpaired) electrons. The van der Waals surface area contributed by atoms with Gasteiger partial charge in [0.05, 0.1) is 5.56 Å². The summed E-state index contributed by atoms with van der Waals surface area (Å²) < 4.78 is 0. The Balaban J connectivity index is 2.22. The van der Waals surface area contributed by atoms with Gasteiger partial charge in [-0.1, -0.05) is 12.2 Å². The molecule has 1 heterocycles. The van der Waals surface area contributed by atoms with Crippen LogP contribution < -0.4 is 10.9 Å². The van der Waals surface area contributed by atoms with Gasteiger partial charge in [-0.05, 0) is 31.9 Å². The van der Waals surface area contributed by atoms with Crippen LogP contribution in [0, 0.1) is 11.3 Å². The minimum absolute atomic E-state index is 0.238. The first-order valence-electron chi connectivity index (χ1n) is 6.73. The highest BCUT2D eigenvalue weighted by atomic mass is 16.1. The van der Waals surface area contributed by atoms with Gasteiger partial charge in [0, 0.05) is 12.6 Å². The second-order valence-corrected chi connectivity index (χ2v) is 4.66. The molecule has 6 heteroatoms. The van der Waals surface area contributed by atoms with Crippen molar-refractivity contribution >= 4 is 18.2 Å². The van der Waals surface area contributed by atoms with Gasteiger partial charge in [0.15, 0.2) is 0 Å². The number of nitrogens with zero attached hydrogens (tertiary/aromatic N) is 2. The van der Waals surface area contributed by atoms with Gasteiger partial charge in [-0.15, -0.1) is 0 Å². The Kier molecular flexibility index (Phi) is 4.81. The summed E-state index contributed by atoms with van der Waals surface area (Å²) in [5, 5.41) is 10.3. The largest absolute Gasteiger partial charge is 0.350 e. The summed E-state index contributed by atoms with van der Waals surface area (Å²) in [4.78, 5) is 23.2. The molecule has 2 rings (SSSR count). The van der Waals surface area contributed by atoms with Crippen LogP contribution in [0.4, 0.5) is 5.82 Å². The van der Waals surface area contributed by atoms with E-state index in [1.54, 1.807) is 6.21 Å². The number of aliphatic imine (C=N–C) groups is 1. The van der Waals surface area contributed by atoms with E-state index in [9.17, 15) is 4.79 Å². The summed E-state index contributed by atoms with van der Waals surface area (Å²) >= 11 is 0. The standard InChI is InChI=1S/C14H19N5O/c1-2-16-9-17-13-11(8-15)14(20)19-12(18-13)7-10-5-3-4-6-10/h2-3,5,8,10,15H,4,6-7,9H2,1H3,(H2,17,18,19,20)/b15-8?,16-2-. The minimum Gasteiger partial charge on any atom is -0.350 e. The fourth-order valence-corrected chi connectivity index (χ4v) is 2.22. The van der Waals surface area contributed by atoms with Crippen molar-refractivity contribution in [1.82, 2.24) is 9.97 Å². The van der Waals surface area contributed by atoms with Gasteiger partial charge in [-0.2, -0.15) is 0 Å². The summed E-state index contributed by atoms with van der Waals surface area (Å²) in [6.45, 7) is 2.17. The number of rotatable bonds is 6. The van der Waals surface area contributed by atoms with Gasteiger partial charge in [0.2, 0.25) is 0 Å². The summed E-state index contributed by atoms with van der Waals surface area (Å²) in [6, 6.07) is 0. The zero-order valence-corrected chi connectivity index (χ0v) is 11.5. The van der Waals surface area contributed by atoms with E-state index in [1.807, 2.05) is 6.92 Å².